The van der Waals surface area contributed by atoms with Crippen molar-refractivity contribution in [2.75, 3.05) is 7.11 Å². The van der Waals surface area contributed by atoms with Crippen LogP contribution >= 0.6 is 31.9 Å². The predicted molar refractivity (Wildman–Crippen MR) is 85.5 cm³/mol. The third-order valence-corrected chi connectivity index (χ3v) is 4.03. The SMILES string of the molecule is COc1cc(Br)c(Oc2ccccc2[C@@H](C)O)cc1Br. The summed E-state index contributed by atoms with van der Waals surface area (Å²) in [6.45, 7) is 1.71. The van der Waals surface area contributed by atoms with Gasteiger partial charge in [0.1, 0.15) is 17.2 Å². The normalized spacial score (nSPS) is 12.1. The van der Waals surface area contributed by atoms with E-state index in [9.17, 15) is 5.11 Å². The van der Waals surface area contributed by atoms with Crippen molar-refractivity contribution in [1.29, 1.82) is 0 Å². The maximum atomic E-state index is 9.77. The Morgan fingerprint density at radius 2 is 1.60 bits per heavy atom. The highest BCUT2D eigenvalue weighted by Crippen LogP contribution is 2.39. The molecule has 0 saturated heterocycles. The summed E-state index contributed by atoms with van der Waals surface area (Å²) >= 11 is 6.88. The number of ether oxygens (including phenoxy) is 2. The van der Waals surface area contributed by atoms with E-state index in [0.29, 0.717) is 17.2 Å². The predicted octanol–water partition coefficient (Wildman–Crippen LogP) is 5.07. The average molecular weight is 402 g/mol. The standard InChI is InChI=1S/C15H14Br2O3/c1-9(18)10-5-3-4-6-13(10)20-15-8-11(16)14(19-2)7-12(15)17/h3-9,18H,1-2H3/t9-/m1/s1. The van der Waals surface area contributed by atoms with Gasteiger partial charge in [0.25, 0.3) is 0 Å². The number of methoxy groups -OCH3 is 1. The molecule has 20 heavy (non-hydrogen) atoms. The molecule has 0 aliphatic heterocycles. The molecule has 0 bridgehead atoms. The zero-order chi connectivity index (χ0) is 14.7. The molecule has 1 N–H and O–H groups in total. The molecule has 1 atom stereocenters. The first-order valence-corrected chi connectivity index (χ1v) is 7.59. The third-order valence-electron chi connectivity index (χ3n) is 2.80. The minimum Gasteiger partial charge on any atom is -0.496 e. The topological polar surface area (TPSA) is 38.7 Å². The number of aliphatic hydroxyl groups excluding tert-OH is 1. The first-order valence-electron chi connectivity index (χ1n) is 6.00. The molecular weight excluding hydrogens is 388 g/mol. The van der Waals surface area contributed by atoms with Gasteiger partial charge >= 0.3 is 0 Å². The van der Waals surface area contributed by atoms with Gasteiger partial charge in [0.05, 0.1) is 22.2 Å². The second-order valence-corrected chi connectivity index (χ2v) is 5.94. The number of rotatable bonds is 4. The summed E-state index contributed by atoms with van der Waals surface area (Å²) in [6.07, 6.45) is -0.591. The van der Waals surface area contributed by atoms with Crippen LogP contribution in [0.5, 0.6) is 17.2 Å². The van der Waals surface area contributed by atoms with E-state index in [-0.39, 0.29) is 0 Å². The largest absolute Gasteiger partial charge is 0.496 e. The molecule has 0 fully saturated rings. The van der Waals surface area contributed by atoms with Crippen molar-refractivity contribution in [2.45, 2.75) is 13.0 Å². The maximum absolute atomic E-state index is 9.77. The van der Waals surface area contributed by atoms with Gasteiger partial charge in [-0.3, -0.25) is 0 Å². The van der Waals surface area contributed by atoms with Crippen LogP contribution in [0.25, 0.3) is 0 Å². The van der Waals surface area contributed by atoms with Crippen LogP contribution in [0.1, 0.15) is 18.6 Å². The van der Waals surface area contributed by atoms with E-state index in [2.05, 4.69) is 31.9 Å². The Morgan fingerprint density at radius 3 is 2.25 bits per heavy atom. The summed E-state index contributed by atoms with van der Waals surface area (Å²) in [5.74, 6) is 1.99. The summed E-state index contributed by atoms with van der Waals surface area (Å²) in [5, 5.41) is 9.77. The van der Waals surface area contributed by atoms with Crippen LogP contribution in [0.3, 0.4) is 0 Å². The number of hydrogen-bond donors (Lipinski definition) is 1. The second kappa shape index (κ2) is 6.61. The lowest BCUT2D eigenvalue weighted by Crippen LogP contribution is -1.96. The fourth-order valence-corrected chi connectivity index (χ4v) is 2.67. The molecule has 0 aliphatic carbocycles. The summed E-state index contributed by atoms with van der Waals surface area (Å²) in [5.41, 5.74) is 0.742. The van der Waals surface area contributed by atoms with E-state index >= 15 is 0 Å². The molecule has 0 aliphatic rings. The highest BCUT2D eigenvalue weighted by molar-refractivity contribution is 9.11. The Hall–Kier alpha value is -1.04. The minimum atomic E-state index is -0.591. The number of hydrogen-bond acceptors (Lipinski definition) is 3. The Kier molecular flexibility index (Phi) is 5.07. The fourth-order valence-electron chi connectivity index (χ4n) is 1.78. The smallest absolute Gasteiger partial charge is 0.143 e. The van der Waals surface area contributed by atoms with Gasteiger partial charge < -0.3 is 14.6 Å². The third kappa shape index (κ3) is 3.34. The minimum absolute atomic E-state index is 0.591. The highest BCUT2D eigenvalue weighted by atomic mass is 79.9. The van der Waals surface area contributed by atoms with Crippen molar-refractivity contribution in [1.82, 2.24) is 0 Å². The maximum Gasteiger partial charge on any atom is 0.143 e. The molecule has 0 aromatic heterocycles. The van der Waals surface area contributed by atoms with E-state index in [1.54, 1.807) is 14.0 Å². The summed E-state index contributed by atoms with van der Waals surface area (Å²) in [4.78, 5) is 0. The van der Waals surface area contributed by atoms with Crippen LogP contribution < -0.4 is 9.47 Å². The summed E-state index contributed by atoms with van der Waals surface area (Å²) in [6, 6.07) is 11.0. The lowest BCUT2D eigenvalue weighted by atomic mass is 10.1. The first-order chi connectivity index (χ1) is 9.52. The van der Waals surface area contributed by atoms with E-state index in [1.807, 2.05) is 36.4 Å². The van der Waals surface area contributed by atoms with Crippen LogP contribution in [0, 0.1) is 0 Å². The number of aliphatic hydroxyl groups is 1. The van der Waals surface area contributed by atoms with Gasteiger partial charge in [-0.2, -0.15) is 0 Å². The molecule has 0 heterocycles. The molecule has 2 rings (SSSR count). The zero-order valence-corrected chi connectivity index (χ0v) is 14.2. The van der Waals surface area contributed by atoms with Gasteiger partial charge in [0.2, 0.25) is 0 Å². The Balaban J connectivity index is 2.38. The van der Waals surface area contributed by atoms with Crippen LogP contribution in [0.15, 0.2) is 45.3 Å². The molecular formula is C15H14Br2O3. The van der Waals surface area contributed by atoms with Crippen molar-refractivity contribution in [3.05, 3.63) is 50.9 Å². The molecule has 2 aromatic rings. The van der Waals surface area contributed by atoms with Gasteiger partial charge in [0, 0.05) is 5.56 Å². The molecule has 3 nitrogen and oxygen atoms in total. The van der Waals surface area contributed by atoms with Crippen molar-refractivity contribution in [2.24, 2.45) is 0 Å². The van der Waals surface area contributed by atoms with Crippen molar-refractivity contribution in [3.8, 4) is 17.2 Å². The van der Waals surface area contributed by atoms with E-state index < -0.39 is 6.10 Å². The van der Waals surface area contributed by atoms with E-state index in [1.165, 1.54) is 0 Å². The Morgan fingerprint density at radius 1 is 1.00 bits per heavy atom. The molecule has 2 aromatic carbocycles. The molecule has 106 valence electrons. The Bertz CT molecular complexity index is 612. The number of benzene rings is 2. The van der Waals surface area contributed by atoms with Crippen molar-refractivity contribution in [3.63, 3.8) is 0 Å². The highest BCUT2D eigenvalue weighted by Gasteiger charge is 2.13. The van der Waals surface area contributed by atoms with Crippen LogP contribution in [0.4, 0.5) is 0 Å². The molecule has 0 unspecified atom stereocenters. The van der Waals surface area contributed by atoms with Crippen LogP contribution in [-0.2, 0) is 0 Å². The molecule has 0 spiro atoms. The number of para-hydroxylation sites is 1. The van der Waals surface area contributed by atoms with Gasteiger partial charge in [0.15, 0.2) is 0 Å². The molecule has 0 saturated carbocycles. The quantitative estimate of drug-likeness (QED) is 0.777. The van der Waals surface area contributed by atoms with Crippen LogP contribution in [-0.4, -0.2) is 12.2 Å². The van der Waals surface area contributed by atoms with E-state index in [0.717, 1.165) is 14.5 Å². The van der Waals surface area contributed by atoms with Gasteiger partial charge in [-0.15, -0.1) is 0 Å². The van der Waals surface area contributed by atoms with Crippen LogP contribution in [0.2, 0.25) is 0 Å². The average Bonchev–Trinajstić information content (AvgIpc) is 2.42. The van der Waals surface area contributed by atoms with Gasteiger partial charge in [-0.1, -0.05) is 18.2 Å². The second-order valence-electron chi connectivity index (χ2n) is 4.23. The Labute approximate surface area is 134 Å². The van der Waals surface area contributed by atoms with Gasteiger partial charge in [-0.05, 0) is 57.0 Å². The summed E-state index contributed by atoms with van der Waals surface area (Å²) in [7, 11) is 1.61. The molecule has 0 amide bonds. The van der Waals surface area contributed by atoms with E-state index in [4.69, 9.17) is 9.47 Å². The zero-order valence-electron chi connectivity index (χ0n) is 11.1. The number of halogens is 2. The fraction of sp³-hybridized carbons (Fsp3) is 0.200. The van der Waals surface area contributed by atoms with Crippen molar-refractivity contribution < 1.29 is 14.6 Å². The lowest BCUT2D eigenvalue weighted by Gasteiger charge is -2.15. The lowest BCUT2D eigenvalue weighted by molar-refractivity contribution is 0.195. The molecule has 5 heteroatoms. The summed E-state index contributed by atoms with van der Waals surface area (Å²) < 4.78 is 12.7. The molecule has 0 radical (unpaired) electrons. The van der Waals surface area contributed by atoms with Gasteiger partial charge in [-0.25, -0.2) is 0 Å². The first kappa shape index (κ1) is 15.4. The van der Waals surface area contributed by atoms with Crippen molar-refractivity contribution >= 4 is 31.9 Å². The monoisotopic (exact) mass is 400 g/mol.